The van der Waals surface area contributed by atoms with Gasteiger partial charge in [0.15, 0.2) is 0 Å². The lowest BCUT2D eigenvalue weighted by molar-refractivity contribution is -0.145. The van der Waals surface area contributed by atoms with E-state index in [1.807, 2.05) is 89.8 Å². The van der Waals surface area contributed by atoms with Gasteiger partial charge >= 0.3 is 0 Å². The number of carbonyl (C=O) groups is 1. The highest BCUT2D eigenvalue weighted by atomic mass is 127. The number of hydrogen-bond acceptors (Lipinski definition) is 3. The number of halogens is 3. The number of carbonyl (C=O) groups excluding carboxylic acids is 1. The molecular weight excluding hydrogens is 594 g/mol. The number of rotatable bonds is 5. The summed E-state index contributed by atoms with van der Waals surface area (Å²) in [5.41, 5.74) is 3.60. The molecule has 7 heteroatoms. The van der Waals surface area contributed by atoms with E-state index < -0.39 is 18.2 Å². The zero-order valence-electron chi connectivity index (χ0n) is 18.5. The first-order valence-corrected chi connectivity index (χ1v) is 13.0. The van der Waals surface area contributed by atoms with Crippen molar-refractivity contribution in [3.63, 3.8) is 0 Å². The molecule has 1 unspecified atom stereocenters. The van der Waals surface area contributed by atoms with Gasteiger partial charge in [0, 0.05) is 26.2 Å². The van der Waals surface area contributed by atoms with Crippen LogP contribution in [0, 0.1) is 3.57 Å². The van der Waals surface area contributed by atoms with Gasteiger partial charge < -0.3 is 4.74 Å². The first kappa shape index (κ1) is 24.3. The maximum absolute atomic E-state index is 14.0. The number of pyridine rings is 1. The summed E-state index contributed by atoms with van der Waals surface area (Å²) in [6.07, 6.45) is 2.78. The largest absolute Gasteiger partial charge is 0.358 e. The van der Waals surface area contributed by atoms with Gasteiger partial charge in [-0.15, -0.1) is 0 Å². The maximum Gasteiger partial charge on any atom is 0.257 e. The number of aromatic nitrogens is 1. The van der Waals surface area contributed by atoms with E-state index in [2.05, 4.69) is 27.6 Å². The van der Waals surface area contributed by atoms with E-state index in [-0.39, 0.29) is 5.91 Å². The van der Waals surface area contributed by atoms with Crippen LogP contribution in [0.1, 0.15) is 28.8 Å². The Morgan fingerprint density at radius 2 is 1.49 bits per heavy atom. The van der Waals surface area contributed by atoms with Crippen LogP contribution in [0.2, 0.25) is 10.0 Å². The number of nitrogens with zero attached hydrogens (tertiary/aromatic N) is 2. The van der Waals surface area contributed by atoms with Gasteiger partial charge in [0.25, 0.3) is 5.91 Å². The third-order valence-electron chi connectivity index (χ3n) is 6.06. The van der Waals surface area contributed by atoms with E-state index >= 15 is 0 Å². The Morgan fingerprint density at radius 1 is 0.857 bits per heavy atom. The minimum atomic E-state index is -0.667. The predicted octanol–water partition coefficient (Wildman–Crippen LogP) is 7.45. The maximum atomic E-state index is 14.0. The van der Waals surface area contributed by atoms with Gasteiger partial charge in [-0.3, -0.25) is 14.7 Å². The zero-order valence-corrected chi connectivity index (χ0v) is 22.2. The summed E-state index contributed by atoms with van der Waals surface area (Å²) in [6.45, 7) is 0. The lowest BCUT2D eigenvalue weighted by Gasteiger charge is -2.44. The highest BCUT2D eigenvalue weighted by molar-refractivity contribution is 14.1. The van der Waals surface area contributed by atoms with Crippen molar-refractivity contribution in [2.75, 3.05) is 4.90 Å². The Balaban J connectivity index is 1.63. The molecule has 0 saturated carbocycles. The molecule has 1 amide bonds. The minimum Gasteiger partial charge on any atom is -0.358 e. The molecule has 1 fully saturated rings. The molecule has 0 aliphatic carbocycles. The van der Waals surface area contributed by atoms with Crippen LogP contribution in [0.3, 0.4) is 0 Å². The lowest BCUT2D eigenvalue weighted by Crippen LogP contribution is -2.51. The second-order valence-corrected chi connectivity index (χ2v) is 10.5. The Bertz CT molecular complexity index is 1300. The van der Waals surface area contributed by atoms with Gasteiger partial charge in [0.1, 0.15) is 12.2 Å². The number of anilines is 1. The number of amides is 1. The van der Waals surface area contributed by atoms with E-state index in [1.165, 1.54) is 0 Å². The first-order chi connectivity index (χ1) is 17.0. The van der Waals surface area contributed by atoms with Gasteiger partial charge in [-0.2, -0.15) is 0 Å². The van der Waals surface area contributed by atoms with Gasteiger partial charge in [-0.25, -0.2) is 0 Å². The Labute approximate surface area is 228 Å². The van der Waals surface area contributed by atoms with E-state index in [0.29, 0.717) is 22.2 Å². The molecule has 0 bridgehead atoms. The molecule has 4 aromatic rings. The van der Waals surface area contributed by atoms with Gasteiger partial charge in [0.2, 0.25) is 0 Å². The second kappa shape index (κ2) is 10.7. The van der Waals surface area contributed by atoms with Crippen LogP contribution in [0.25, 0.3) is 0 Å². The third kappa shape index (κ3) is 5.38. The average Bonchev–Trinajstić information content (AvgIpc) is 2.88. The highest BCUT2D eigenvalue weighted by Crippen LogP contribution is 2.45. The van der Waals surface area contributed by atoms with Crippen molar-refractivity contribution in [2.45, 2.75) is 24.7 Å². The van der Waals surface area contributed by atoms with Crippen molar-refractivity contribution in [1.82, 2.24) is 4.98 Å². The van der Waals surface area contributed by atoms with Gasteiger partial charge in [0.05, 0.1) is 17.9 Å². The molecule has 0 radical (unpaired) electrons. The van der Waals surface area contributed by atoms with E-state index in [9.17, 15) is 4.79 Å². The Morgan fingerprint density at radius 3 is 2.09 bits per heavy atom. The molecule has 5 rings (SSSR count). The normalized spacial score (nSPS) is 20.1. The van der Waals surface area contributed by atoms with Crippen molar-refractivity contribution in [3.05, 3.63) is 128 Å². The Kier molecular flexibility index (Phi) is 7.39. The average molecular weight is 615 g/mol. The summed E-state index contributed by atoms with van der Waals surface area (Å²) in [6, 6.07) is 26.6. The van der Waals surface area contributed by atoms with Gasteiger partial charge in [-0.05, 0) is 87.8 Å². The van der Waals surface area contributed by atoms with Crippen LogP contribution < -0.4 is 4.90 Å². The van der Waals surface area contributed by atoms with Crippen molar-refractivity contribution in [3.8, 4) is 0 Å². The van der Waals surface area contributed by atoms with Crippen LogP contribution in [0.5, 0.6) is 0 Å². The van der Waals surface area contributed by atoms with Crippen molar-refractivity contribution in [2.24, 2.45) is 0 Å². The molecule has 1 aliphatic heterocycles. The second-order valence-electron chi connectivity index (χ2n) is 8.34. The molecule has 1 saturated heterocycles. The summed E-state index contributed by atoms with van der Waals surface area (Å²) in [7, 11) is 0. The summed E-state index contributed by atoms with van der Waals surface area (Å²) in [4.78, 5) is 20.1. The third-order valence-corrected chi connectivity index (χ3v) is 7.28. The zero-order chi connectivity index (χ0) is 24.4. The highest BCUT2D eigenvalue weighted by Gasteiger charge is 2.44. The van der Waals surface area contributed by atoms with Crippen LogP contribution >= 0.6 is 45.8 Å². The number of ether oxygens (including phenoxy) is 1. The van der Waals surface area contributed by atoms with E-state index in [0.717, 1.165) is 20.3 Å². The topological polar surface area (TPSA) is 42.4 Å². The standard InChI is InChI=1S/C28H21Cl2IN2O2/c29-21-9-5-19(6-10-21)26-27(20-7-11-22(30)12-8-20)35-25(16-18-3-13-23(31)14-4-18)28(34)33(26)24-2-1-15-32-17-24/h1-15,17,25-27H,16H2/t25-,26?,27-/m1/s1. The number of morpholine rings is 1. The molecule has 3 aromatic carbocycles. The quantitative estimate of drug-likeness (QED) is 0.219. The molecular formula is C28H21Cl2IN2O2. The smallest absolute Gasteiger partial charge is 0.257 e. The molecule has 4 nitrogen and oxygen atoms in total. The van der Waals surface area contributed by atoms with Crippen LogP contribution in [-0.4, -0.2) is 17.0 Å². The SMILES string of the molecule is O=C1[C@@H](Cc2ccc(I)cc2)O[C@H](c2ccc(Cl)cc2)C(c2ccc(Cl)cc2)N1c1cccnc1. The van der Waals surface area contributed by atoms with Crippen molar-refractivity contribution < 1.29 is 9.53 Å². The van der Waals surface area contributed by atoms with Gasteiger partial charge in [-0.1, -0.05) is 59.6 Å². The van der Waals surface area contributed by atoms with Crippen molar-refractivity contribution >= 4 is 57.4 Å². The monoisotopic (exact) mass is 614 g/mol. The fourth-order valence-corrected chi connectivity index (χ4v) is 5.00. The fraction of sp³-hybridized carbons (Fsp3) is 0.143. The first-order valence-electron chi connectivity index (χ1n) is 11.1. The van der Waals surface area contributed by atoms with Crippen LogP contribution in [0.15, 0.2) is 97.3 Å². The molecule has 1 aromatic heterocycles. The summed E-state index contributed by atoms with van der Waals surface area (Å²) >= 11 is 14.7. The molecule has 35 heavy (non-hydrogen) atoms. The molecule has 0 N–H and O–H groups in total. The van der Waals surface area contributed by atoms with E-state index in [4.69, 9.17) is 27.9 Å². The van der Waals surface area contributed by atoms with E-state index in [1.54, 1.807) is 12.4 Å². The minimum absolute atomic E-state index is 0.110. The van der Waals surface area contributed by atoms with Crippen molar-refractivity contribution in [1.29, 1.82) is 0 Å². The molecule has 176 valence electrons. The lowest BCUT2D eigenvalue weighted by atomic mass is 9.90. The number of benzene rings is 3. The fourth-order valence-electron chi connectivity index (χ4n) is 4.39. The number of hydrogen-bond donors (Lipinski definition) is 0. The molecule has 1 aliphatic rings. The summed E-state index contributed by atoms with van der Waals surface area (Å²) in [5.74, 6) is -0.110. The summed E-state index contributed by atoms with van der Waals surface area (Å²) < 4.78 is 7.76. The molecule has 3 atom stereocenters. The molecule has 0 spiro atoms. The Hall–Kier alpha value is -2.45. The van der Waals surface area contributed by atoms with Crippen LogP contribution in [-0.2, 0) is 16.0 Å². The van der Waals surface area contributed by atoms with Crippen LogP contribution in [0.4, 0.5) is 5.69 Å². The molecule has 2 heterocycles. The predicted molar refractivity (Wildman–Crippen MR) is 148 cm³/mol. The summed E-state index contributed by atoms with van der Waals surface area (Å²) in [5, 5.41) is 1.27.